The standard InChI is InChI=1S/C20H16Cl3N3O5S2/c1-3-30-19(27)13-10-24-20(32-2)25-18(13)31-12-6-4-5-11(7-12)26-33(28,29)17-9-15(22)14(21)8-16(17)23/h4-10,26H,3H2,1-2H3. The quantitative estimate of drug-likeness (QED) is 0.160. The van der Waals surface area contributed by atoms with E-state index in [4.69, 9.17) is 44.3 Å². The SMILES string of the molecule is CCOC(=O)c1cnc(SC)nc1Oc1cccc(NS(=O)(=O)c2cc(Cl)c(Cl)cc2Cl)c1. The molecule has 33 heavy (non-hydrogen) atoms. The van der Waals surface area contributed by atoms with Crippen molar-refractivity contribution in [2.24, 2.45) is 0 Å². The van der Waals surface area contributed by atoms with Crippen molar-refractivity contribution in [1.82, 2.24) is 9.97 Å². The summed E-state index contributed by atoms with van der Waals surface area (Å²) in [5.41, 5.74) is 0.203. The van der Waals surface area contributed by atoms with E-state index in [1.54, 1.807) is 25.3 Å². The molecular weight excluding hydrogens is 533 g/mol. The Morgan fingerprint density at radius 3 is 2.55 bits per heavy atom. The number of aromatic nitrogens is 2. The number of anilines is 1. The third-order valence-electron chi connectivity index (χ3n) is 3.97. The van der Waals surface area contributed by atoms with Gasteiger partial charge in [0.2, 0.25) is 5.88 Å². The fourth-order valence-electron chi connectivity index (χ4n) is 2.53. The highest BCUT2D eigenvalue weighted by atomic mass is 35.5. The van der Waals surface area contributed by atoms with Gasteiger partial charge in [0.25, 0.3) is 10.0 Å². The molecule has 1 aromatic heterocycles. The smallest absolute Gasteiger partial charge is 0.345 e. The summed E-state index contributed by atoms with van der Waals surface area (Å²) in [6.07, 6.45) is 3.08. The number of sulfonamides is 1. The van der Waals surface area contributed by atoms with E-state index in [9.17, 15) is 13.2 Å². The van der Waals surface area contributed by atoms with E-state index in [1.807, 2.05) is 0 Å². The number of hydrogen-bond donors (Lipinski definition) is 1. The van der Waals surface area contributed by atoms with Gasteiger partial charge in [0.15, 0.2) is 5.16 Å². The van der Waals surface area contributed by atoms with Gasteiger partial charge in [-0.25, -0.2) is 18.2 Å². The zero-order valence-electron chi connectivity index (χ0n) is 17.1. The number of benzene rings is 2. The van der Waals surface area contributed by atoms with Crippen LogP contribution in [-0.2, 0) is 14.8 Å². The Hall–Kier alpha value is -2.24. The first-order chi connectivity index (χ1) is 15.6. The summed E-state index contributed by atoms with van der Waals surface area (Å²) >= 11 is 19.1. The number of nitrogens with one attached hydrogen (secondary N) is 1. The highest BCUT2D eigenvalue weighted by Gasteiger charge is 2.21. The van der Waals surface area contributed by atoms with Crippen molar-refractivity contribution in [3.63, 3.8) is 0 Å². The number of esters is 1. The number of carbonyl (C=O) groups is 1. The predicted octanol–water partition coefficient (Wildman–Crippen LogP) is 5.93. The molecule has 0 fully saturated rings. The lowest BCUT2D eigenvalue weighted by Gasteiger charge is -2.13. The molecule has 0 atom stereocenters. The lowest BCUT2D eigenvalue weighted by molar-refractivity contribution is 0.0521. The molecule has 8 nitrogen and oxygen atoms in total. The average Bonchev–Trinajstić information content (AvgIpc) is 2.76. The summed E-state index contributed by atoms with van der Waals surface area (Å²) in [6, 6.07) is 8.46. The van der Waals surface area contributed by atoms with Crippen molar-refractivity contribution < 1.29 is 22.7 Å². The van der Waals surface area contributed by atoms with Crippen molar-refractivity contribution in [3.05, 3.63) is 63.2 Å². The van der Waals surface area contributed by atoms with Gasteiger partial charge in [-0.1, -0.05) is 52.6 Å². The molecule has 3 aromatic rings. The van der Waals surface area contributed by atoms with Gasteiger partial charge in [-0.2, -0.15) is 4.98 Å². The molecule has 0 saturated heterocycles. The van der Waals surface area contributed by atoms with Crippen LogP contribution in [-0.4, -0.2) is 37.2 Å². The van der Waals surface area contributed by atoms with E-state index in [1.165, 1.54) is 36.2 Å². The Morgan fingerprint density at radius 2 is 1.85 bits per heavy atom. The van der Waals surface area contributed by atoms with E-state index in [0.29, 0.717) is 5.16 Å². The average molecular weight is 549 g/mol. The lowest BCUT2D eigenvalue weighted by Crippen LogP contribution is -2.13. The second kappa shape index (κ2) is 10.8. The maximum absolute atomic E-state index is 12.8. The zero-order chi connectivity index (χ0) is 24.2. The summed E-state index contributed by atoms with van der Waals surface area (Å²) in [4.78, 5) is 20.3. The Labute approximate surface area is 209 Å². The predicted molar refractivity (Wildman–Crippen MR) is 129 cm³/mol. The van der Waals surface area contributed by atoms with Gasteiger partial charge in [0.1, 0.15) is 16.2 Å². The lowest BCUT2D eigenvalue weighted by atomic mass is 10.3. The molecule has 3 rings (SSSR count). The third kappa shape index (κ3) is 6.21. The van der Waals surface area contributed by atoms with Crippen LogP contribution >= 0.6 is 46.6 Å². The summed E-state index contributed by atoms with van der Waals surface area (Å²) in [6.45, 7) is 1.84. The molecule has 1 N–H and O–H groups in total. The highest BCUT2D eigenvalue weighted by molar-refractivity contribution is 7.98. The number of hydrogen-bond acceptors (Lipinski definition) is 8. The van der Waals surface area contributed by atoms with Crippen molar-refractivity contribution in [3.8, 4) is 11.6 Å². The third-order valence-corrected chi connectivity index (χ3v) is 7.10. The highest BCUT2D eigenvalue weighted by Crippen LogP contribution is 2.33. The van der Waals surface area contributed by atoms with Gasteiger partial charge in [-0.3, -0.25) is 4.72 Å². The van der Waals surface area contributed by atoms with E-state index in [0.717, 1.165) is 6.07 Å². The number of nitrogens with zero attached hydrogens (tertiary/aromatic N) is 2. The van der Waals surface area contributed by atoms with Crippen LogP contribution in [0.2, 0.25) is 15.1 Å². The van der Waals surface area contributed by atoms with E-state index < -0.39 is 16.0 Å². The van der Waals surface area contributed by atoms with Gasteiger partial charge < -0.3 is 9.47 Å². The number of ether oxygens (including phenoxy) is 2. The number of rotatable bonds is 8. The zero-order valence-corrected chi connectivity index (χ0v) is 21.0. The molecule has 0 bridgehead atoms. The Balaban J connectivity index is 1.91. The molecule has 0 aliphatic heterocycles. The van der Waals surface area contributed by atoms with Gasteiger partial charge in [-0.05, 0) is 37.4 Å². The van der Waals surface area contributed by atoms with Crippen molar-refractivity contribution >= 4 is 68.2 Å². The summed E-state index contributed by atoms with van der Waals surface area (Å²) < 4.78 is 38.9. The van der Waals surface area contributed by atoms with Crippen LogP contribution in [0.15, 0.2) is 52.6 Å². The molecule has 0 radical (unpaired) electrons. The molecule has 2 aromatic carbocycles. The van der Waals surface area contributed by atoms with E-state index in [2.05, 4.69) is 14.7 Å². The van der Waals surface area contributed by atoms with Gasteiger partial charge in [0.05, 0.1) is 27.4 Å². The summed E-state index contributed by atoms with van der Waals surface area (Å²) in [7, 11) is -4.10. The van der Waals surface area contributed by atoms with Crippen molar-refractivity contribution in [2.45, 2.75) is 17.0 Å². The van der Waals surface area contributed by atoms with Crippen LogP contribution in [0.3, 0.4) is 0 Å². The van der Waals surface area contributed by atoms with Crippen LogP contribution < -0.4 is 9.46 Å². The second-order valence-electron chi connectivity index (χ2n) is 6.23. The van der Waals surface area contributed by atoms with Crippen molar-refractivity contribution in [1.29, 1.82) is 0 Å². The fourth-order valence-corrected chi connectivity index (χ4v) is 4.92. The second-order valence-corrected chi connectivity index (χ2v) is 9.87. The van der Waals surface area contributed by atoms with Crippen LogP contribution in [0.25, 0.3) is 0 Å². The Bertz CT molecular complexity index is 1310. The maximum atomic E-state index is 12.8. The number of carbonyl (C=O) groups excluding carboxylic acids is 1. The Kier molecular flexibility index (Phi) is 8.30. The number of thioether (sulfide) groups is 1. The molecule has 0 aliphatic rings. The molecule has 0 spiro atoms. The van der Waals surface area contributed by atoms with Crippen molar-refractivity contribution in [2.75, 3.05) is 17.6 Å². The molecule has 0 aliphatic carbocycles. The van der Waals surface area contributed by atoms with E-state index in [-0.39, 0.29) is 49.5 Å². The van der Waals surface area contributed by atoms with Crippen LogP contribution in [0.4, 0.5) is 5.69 Å². The van der Waals surface area contributed by atoms with Crippen LogP contribution in [0, 0.1) is 0 Å². The first-order valence-electron chi connectivity index (χ1n) is 9.18. The molecule has 0 unspecified atom stereocenters. The Morgan fingerprint density at radius 1 is 1.12 bits per heavy atom. The molecule has 0 amide bonds. The molecular formula is C20H16Cl3N3O5S2. The molecule has 174 valence electrons. The molecule has 13 heteroatoms. The van der Waals surface area contributed by atoms with Gasteiger partial charge in [-0.15, -0.1) is 0 Å². The minimum Gasteiger partial charge on any atom is -0.462 e. The van der Waals surface area contributed by atoms with Gasteiger partial charge >= 0.3 is 5.97 Å². The van der Waals surface area contributed by atoms with Crippen LogP contribution in [0.5, 0.6) is 11.6 Å². The van der Waals surface area contributed by atoms with E-state index >= 15 is 0 Å². The fraction of sp³-hybridized carbons (Fsp3) is 0.150. The molecule has 1 heterocycles. The first-order valence-corrected chi connectivity index (χ1v) is 13.0. The minimum atomic E-state index is -4.10. The topological polar surface area (TPSA) is 107 Å². The molecule has 0 saturated carbocycles. The summed E-state index contributed by atoms with van der Waals surface area (Å²) in [5, 5.41) is 0.458. The maximum Gasteiger partial charge on any atom is 0.345 e. The summed E-state index contributed by atoms with van der Waals surface area (Å²) in [5.74, 6) is -0.460. The van der Waals surface area contributed by atoms with Crippen LogP contribution in [0.1, 0.15) is 17.3 Å². The normalized spacial score (nSPS) is 11.2. The monoisotopic (exact) mass is 547 g/mol. The number of halogens is 3. The van der Waals surface area contributed by atoms with Gasteiger partial charge in [0, 0.05) is 12.3 Å². The minimum absolute atomic E-state index is 0.0275. The first kappa shape index (κ1) is 25.4. The largest absolute Gasteiger partial charge is 0.462 e.